The van der Waals surface area contributed by atoms with Crippen molar-refractivity contribution >= 4 is 15.7 Å². The van der Waals surface area contributed by atoms with E-state index in [1.165, 1.54) is 0 Å². The Bertz CT molecular complexity index is 1080. The van der Waals surface area contributed by atoms with Gasteiger partial charge in [0.2, 0.25) is 5.88 Å². The van der Waals surface area contributed by atoms with Gasteiger partial charge in [-0.05, 0) is 11.1 Å². The summed E-state index contributed by atoms with van der Waals surface area (Å²) in [5, 5.41) is 7.54. The van der Waals surface area contributed by atoms with Crippen LogP contribution in [0, 0.1) is 11.3 Å². The van der Waals surface area contributed by atoms with Crippen LogP contribution in [0.4, 0.5) is 5.88 Å². The van der Waals surface area contributed by atoms with Gasteiger partial charge in [-0.3, -0.25) is 0 Å². The van der Waals surface area contributed by atoms with Crippen molar-refractivity contribution in [1.29, 1.82) is 5.26 Å². The molecular formula is C19H14N2O3S. The van der Waals surface area contributed by atoms with Crippen LogP contribution in [0.3, 0.4) is 0 Å². The third-order valence-electron chi connectivity index (χ3n) is 4.47. The van der Waals surface area contributed by atoms with Crippen molar-refractivity contribution in [3.63, 3.8) is 0 Å². The number of hydrogen-bond acceptors (Lipinski definition) is 5. The molecular weight excluding hydrogens is 336 g/mol. The highest BCUT2D eigenvalue weighted by atomic mass is 32.2. The molecule has 2 atom stereocenters. The minimum absolute atomic E-state index is 0.0377. The Hall–Kier alpha value is -3.04. The highest BCUT2D eigenvalue weighted by Gasteiger charge is 2.51. The Morgan fingerprint density at radius 2 is 1.44 bits per heavy atom. The van der Waals surface area contributed by atoms with Crippen molar-refractivity contribution in [1.82, 2.24) is 0 Å². The Balaban J connectivity index is 2.04. The number of nitrogen functional groups attached to an aromatic ring is 1. The van der Waals surface area contributed by atoms with Gasteiger partial charge in [-0.2, -0.15) is 5.26 Å². The number of sulfone groups is 1. The number of nitriles is 1. The average molecular weight is 350 g/mol. The van der Waals surface area contributed by atoms with Crippen LogP contribution in [0.15, 0.2) is 65.1 Å². The first-order chi connectivity index (χ1) is 12.1. The van der Waals surface area contributed by atoms with E-state index < -0.39 is 20.3 Å². The molecule has 2 N–H and O–H groups in total. The molecule has 1 aromatic heterocycles. The monoisotopic (exact) mass is 350 g/mol. The normalized spacial score (nSPS) is 20.8. The molecule has 0 saturated carbocycles. The molecule has 0 bridgehead atoms. The van der Waals surface area contributed by atoms with Crippen LogP contribution in [0.2, 0.25) is 0 Å². The summed E-state index contributed by atoms with van der Waals surface area (Å²) in [5.41, 5.74) is 7.51. The Morgan fingerprint density at radius 3 is 1.96 bits per heavy atom. The molecule has 0 saturated heterocycles. The van der Waals surface area contributed by atoms with Gasteiger partial charge in [0.05, 0.1) is 0 Å². The highest BCUT2D eigenvalue weighted by Crippen LogP contribution is 2.54. The van der Waals surface area contributed by atoms with Gasteiger partial charge in [0, 0.05) is 5.56 Å². The Labute approximate surface area is 145 Å². The summed E-state index contributed by atoms with van der Waals surface area (Å²) in [7, 11) is -3.70. The minimum atomic E-state index is -3.70. The molecule has 0 radical (unpaired) electrons. The van der Waals surface area contributed by atoms with Crippen LogP contribution in [0.1, 0.15) is 38.5 Å². The predicted octanol–water partition coefficient (Wildman–Crippen LogP) is 3.34. The fourth-order valence-corrected chi connectivity index (χ4v) is 5.83. The molecule has 3 aromatic rings. The first-order valence-corrected chi connectivity index (χ1v) is 9.31. The van der Waals surface area contributed by atoms with Crippen molar-refractivity contribution in [3.05, 3.63) is 88.7 Å². The van der Waals surface area contributed by atoms with Crippen LogP contribution in [0.5, 0.6) is 0 Å². The van der Waals surface area contributed by atoms with E-state index in [0.29, 0.717) is 16.7 Å². The molecule has 1 aliphatic rings. The Morgan fingerprint density at radius 1 is 0.920 bits per heavy atom. The van der Waals surface area contributed by atoms with Gasteiger partial charge in [0.25, 0.3) is 0 Å². The summed E-state index contributed by atoms with van der Waals surface area (Å²) < 4.78 is 32.3. The number of benzene rings is 2. The zero-order chi connectivity index (χ0) is 17.6. The van der Waals surface area contributed by atoms with Gasteiger partial charge in [-0.15, -0.1) is 0 Å². The summed E-state index contributed by atoms with van der Waals surface area (Å²) in [6.07, 6.45) is 0. The summed E-state index contributed by atoms with van der Waals surface area (Å²) in [6, 6.07) is 19.7. The molecule has 5 nitrogen and oxygen atoms in total. The number of rotatable bonds is 2. The zero-order valence-corrected chi connectivity index (χ0v) is 13.9. The minimum Gasteiger partial charge on any atom is -0.442 e. The van der Waals surface area contributed by atoms with Gasteiger partial charge in [0.15, 0.2) is 9.84 Å². The predicted molar refractivity (Wildman–Crippen MR) is 93.3 cm³/mol. The number of nitrogens with two attached hydrogens (primary N) is 1. The quantitative estimate of drug-likeness (QED) is 0.764. The summed E-state index contributed by atoms with van der Waals surface area (Å²) >= 11 is 0. The molecule has 0 amide bonds. The van der Waals surface area contributed by atoms with E-state index in [0.717, 1.165) is 0 Å². The van der Waals surface area contributed by atoms with Crippen LogP contribution in [-0.4, -0.2) is 8.42 Å². The molecule has 2 heterocycles. The van der Waals surface area contributed by atoms with Crippen molar-refractivity contribution in [2.45, 2.75) is 10.5 Å². The third-order valence-corrected chi connectivity index (χ3v) is 6.78. The van der Waals surface area contributed by atoms with E-state index in [2.05, 4.69) is 0 Å². The summed E-state index contributed by atoms with van der Waals surface area (Å²) in [4.78, 5) is 0. The zero-order valence-electron chi connectivity index (χ0n) is 13.1. The molecule has 0 unspecified atom stereocenters. The Kier molecular flexibility index (Phi) is 3.41. The maximum absolute atomic E-state index is 13.4. The second-order valence-electron chi connectivity index (χ2n) is 5.90. The number of hydrogen-bond donors (Lipinski definition) is 1. The lowest BCUT2D eigenvalue weighted by molar-refractivity contribution is 0.526. The first kappa shape index (κ1) is 15.5. The summed E-state index contributed by atoms with van der Waals surface area (Å²) in [6.45, 7) is 0. The van der Waals surface area contributed by atoms with Crippen molar-refractivity contribution in [3.8, 4) is 6.07 Å². The average Bonchev–Trinajstić information content (AvgIpc) is 3.03. The van der Waals surface area contributed by atoms with Gasteiger partial charge >= 0.3 is 0 Å². The van der Waals surface area contributed by atoms with Crippen molar-refractivity contribution in [2.75, 3.05) is 5.73 Å². The molecule has 0 fully saturated rings. The van der Waals surface area contributed by atoms with E-state index in [-0.39, 0.29) is 17.2 Å². The lowest BCUT2D eigenvalue weighted by Crippen LogP contribution is -2.15. The number of anilines is 1. The third kappa shape index (κ3) is 2.17. The smallest absolute Gasteiger partial charge is 0.208 e. The van der Waals surface area contributed by atoms with E-state index in [1.54, 1.807) is 48.5 Å². The second-order valence-corrected chi connectivity index (χ2v) is 8.02. The van der Waals surface area contributed by atoms with Gasteiger partial charge < -0.3 is 10.2 Å². The molecule has 25 heavy (non-hydrogen) atoms. The highest BCUT2D eigenvalue weighted by molar-refractivity contribution is 7.92. The topological polar surface area (TPSA) is 97.1 Å². The number of furan rings is 1. The van der Waals surface area contributed by atoms with Crippen LogP contribution >= 0.6 is 0 Å². The molecule has 0 aliphatic carbocycles. The van der Waals surface area contributed by atoms with Crippen molar-refractivity contribution < 1.29 is 12.8 Å². The second kappa shape index (κ2) is 5.50. The maximum Gasteiger partial charge on any atom is 0.208 e. The lowest BCUT2D eigenvalue weighted by atomic mass is 9.98. The summed E-state index contributed by atoms with van der Waals surface area (Å²) in [5.74, 6) is 0.207. The largest absolute Gasteiger partial charge is 0.442 e. The SMILES string of the molecule is N#Cc1c(N)oc2c1[C@@H](c1ccccc1)S(=O)(=O)[C@H]2c1ccccc1. The maximum atomic E-state index is 13.4. The fraction of sp³-hybridized carbons (Fsp3) is 0.105. The van der Waals surface area contributed by atoms with E-state index in [1.807, 2.05) is 18.2 Å². The van der Waals surface area contributed by atoms with Crippen LogP contribution in [0.25, 0.3) is 0 Å². The van der Waals surface area contributed by atoms with Crippen LogP contribution < -0.4 is 5.73 Å². The molecule has 1 aliphatic heterocycles. The molecule has 124 valence electrons. The number of fused-ring (bicyclic) bond motifs is 1. The standard InChI is InChI=1S/C19H14N2O3S/c20-11-14-15-16(24-19(14)21)18(13-9-5-2-6-10-13)25(22,23)17(15)12-7-3-1-4-8-12/h1-10,17-18H,21H2/t17-,18+/m1/s1. The van der Waals surface area contributed by atoms with Crippen molar-refractivity contribution in [2.24, 2.45) is 0 Å². The van der Waals surface area contributed by atoms with E-state index in [4.69, 9.17) is 10.2 Å². The van der Waals surface area contributed by atoms with E-state index in [9.17, 15) is 13.7 Å². The molecule has 2 aromatic carbocycles. The molecule has 4 rings (SSSR count). The lowest BCUT2D eigenvalue weighted by Gasteiger charge is -2.15. The number of nitrogens with zero attached hydrogens (tertiary/aromatic N) is 1. The fourth-order valence-electron chi connectivity index (χ4n) is 3.45. The van der Waals surface area contributed by atoms with Gasteiger partial charge in [-0.25, -0.2) is 8.42 Å². The first-order valence-electron chi connectivity index (χ1n) is 7.70. The van der Waals surface area contributed by atoms with E-state index >= 15 is 0 Å². The molecule has 6 heteroatoms. The van der Waals surface area contributed by atoms with Gasteiger partial charge in [-0.1, -0.05) is 60.7 Å². The van der Waals surface area contributed by atoms with Gasteiger partial charge in [0.1, 0.15) is 27.9 Å². The van der Waals surface area contributed by atoms with Crippen LogP contribution in [-0.2, 0) is 9.84 Å². The molecule has 0 spiro atoms.